The van der Waals surface area contributed by atoms with Crippen LogP contribution in [0.3, 0.4) is 0 Å². The summed E-state index contributed by atoms with van der Waals surface area (Å²) in [4.78, 5) is 16.1. The van der Waals surface area contributed by atoms with Gasteiger partial charge in [-0.05, 0) is 30.3 Å². The second-order valence-corrected chi connectivity index (χ2v) is 5.90. The molecule has 0 aliphatic rings. The monoisotopic (exact) mass is 377 g/mol. The molecule has 25 heavy (non-hydrogen) atoms. The Morgan fingerprint density at radius 1 is 1.16 bits per heavy atom. The Labute approximate surface area is 153 Å². The van der Waals surface area contributed by atoms with Crippen LogP contribution < -0.4 is 10.1 Å². The molecule has 1 heterocycles. The summed E-state index contributed by atoms with van der Waals surface area (Å²) >= 11 is 11.8. The van der Waals surface area contributed by atoms with Gasteiger partial charge in [-0.15, -0.1) is 0 Å². The van der Waals surface area contributed by atoms with E-state index >= 15 is 0 Å². The van der Waals surface area contributed by atoms with Crippen LogP contribution in [0.2, 0.25) is 10.0 Å². The number of hydrogen-bond acceptors (Lipinski definition) is 5. The molecule has 1 amide bonds. The Balaban J connectivity index is 1.54. The number of carbonyl (C=O) groups excluding carboxylic acids is 1. The number of para-hydroxylation sites is 1. The van der Waals surface area contributed by atoms with Crippen molar-refractivity contribution < 1.29 is 14.1 Å². The van der Waals surface area contributed by atoms with Gasteiger partial charge in [0.15, 0.2) is 12.4 Å². The Kier molecular flexibility index (Phi) is 5.53. The number of benzene rings is 2. The van der Waals surface area contributed by atoms with Crippen molar-refractivity contribution in [2.75, 3.05) is 5.32 Å². The minimum atomic E-state index is -0.236. The highest BCUT2D eigenvalue weighted by Crippen LogP contribution is 2.28. The molecule has 6 nitrogen and oxygen atoms in total. The number of amides is 1. The molecule has 3 aromatic rings. The lowest BCUT2D eigenvalue weighted by Crippen LogP contribution is -2.15. The molecule has 0 aliphatic carbocycles. The molecule has 0 saturated heterocycles. The molecule has 0 aliphatic heterocycles. The fraction of sp³-hybridized carbons (Fsp3) is 0.118. The van der Waals surface area contributed by atoms with Crippen molar-refractivity contribution in [2.45, 2.75) is 13.0 Å². The predicted molar refractivity (Wildman–Crippen MR) is 93.9 cm³/mol. The summed E-state index contributed by atoms with van der Waals surface area (Å²) in [6.07, 6.45) is 0.0000946. The third kappa shape index (κ3) is 4.95. The second kappa shape index (κ2) is 8.00. The van der Waals surface area contributed by atoms with Crippen LogP contribution in [0.15, 0.2) is 53.1 Å². The third-order valence-electron chi connectivity index (χ3n) is 3.13. The van der Waals surface area contributed by atoms with Gasteiger partial charge < -0.3 is 14.6 Å². The van der Waals surface area contributed by atoms with Gasteiger partial charge in [-0.2, -0.15) is 4.98 Å². The first-order chi connectivity index (χ1) is 12.1. The van der Waals surface area contributed by atoms with E-state index in [9.17, 15) is 4.79 Å². The first-order valence-electron chi connectivity index (χ1n) is 7.34. The molecule has 0 unspecified atom stereocenters. The van der Waals surface area contributed by atoms with Gasteiger partial charge in [-0.25, -0.2) is 0 Å². The second-order valence-electron chi connectivity index (χ2n) is 5.06. The first-order valence-corrected chi connectivity index (χ1v) is 8.10. The highest BCUT2D eigenvalue weighted by atomic mass is 35.5. The number of anilines is 1. The van der Waals surface area contributed by atoms with E-state index in [-0.39, 0.29) is 30.7 Å². The summed E-state index contributed by atoms with van der Waals surface area (Å²) in [5, 5.41) is 7.41. The highest BCUT2D eigenvalue weighted by molar-refractivity contribution is 6.35. The molecular weight excluding hydrogens is 365 g/mol. The van der Waals surface area contributed by atoms with Gasteiger partial charge in [0.2, 0.25) is 5.91 Å². The average Bonchev–Trinajstić information content (AvgIpc) is 3.02. The van der Waals surface area contributed by atoms with Crippen molar-refractivity contribution in [3.63, 3.8) is 0 Å². The van der Waals surface area contributed by atoms with E-state index in [2.05, 4.69) is 15.5 Å². The van der Waals surface area contributed by atoms with Crippen LogP contribution in [-0.4, -0.2) is 16.0 Å². The molecule has 1 N–H and O–H groups in total. The average molecular weight is 378 g/mol. The van der Waals surface area contributed by atoms with Gasteiger partial charge in [-0.3, -0.25) is 4.79 Å². The van der Waals surface area contributed by atoms with Gasteiger partial charge in [0.25, 0.3) is 5.89 Å². The van der Waals surface area contributed by atoms with E-state index in [1.807, 2.05) is 18.2 Å². The van der Waals surface area contributed by atoms with Crippen molar-refractivity contribution in [2.24, 2.45) is 0 Å². The number of aromatic nitrogens is 2. The molecule has 0 bridgehead atoms. The van der Waals surface area contributed by atoms with Gasteiger partial charge in [0.1, 0.15) is 5.75 Å². The number of halogens is 2. The summed E-state index contributed by atoms with van der Waals surface area (Å²) in [5.74, 6) is 0.732. The minimum Gasteiger partial charge on any atom is -0.482 e. The number of hydrogen-bond donors (Lipinski definition) is 1. The summed E-state index contributed by atoms with van der Waals surface area (Å²) in [6.45, 7) is 0.0364. The molecule has 0 fully saturated rings. The fourth-order valence-electron chi connectivity index (χ4n) is 2.02. The van der Waals surface area contributed by atoms with Gasteiger partial charge >= 0.3 is 0 Å². The Morgan fingerprint density at radius 3 is 2.72 bits per heavy atom. The maximum absolute atomic E-state index is 12.0. The van der Waals surface area contributed by atoms with Crippen LogP contribution in [-0.2, 0) is 17.8 Å². The quantitative estimate of drug-likeness (QED) is 0.698. The standard InChI is InChI=1S/C17H13Cl2N3O3/c18-11-6-7-14(13(19)8-11)24-10-17-21-15(22-25-17)9-16(23)20-12-4-2-1-3-5-12/h1-8H,9-10H2,(H,20,23). The van der Waals surface area contributed by atoms with Crippen LogP contribution in [0.5, 0.6) is 5.75 Å². The Bertz CT molecular complexity index is 869. The molecule has 0 saturated carbocycles. The first kappa shape index (κ1) is 17.3. The summed E-state index contributed by atoms with van der Waals surface area (Å²) in [7, 11) is 0. The zero-order valence-corrected chi connectivity index (χ0v) is 14.4. The van der Waals surface area contributed by atoms with Crippen molar-refractivity contribution in [1.29, 1.82) is 0 Å². The molecule has 128 valence electrons. The minimum absolute atomic E-state index is 0.0000946. The molecular formula is C17H13Cl2N3O3. The normalized spacial score (nSPS) is 10.5. The zero-order chi connectivity index (χ0) is 17.6. The maximum atomic E-state index is 12.0. The lowest BCUT2D eigenvalue weighted by molar-refractivity contribution is -0.115. The van der Waals surface area contributed by atoms with E-state index < -0.39 is 0 Å². The van der Waals surface area contributed by atoms with Crippen LogP contribution in [0.25, 0.3) is 0 Å². The number of rotatable bonds is 6. The summed E-state index contributed by atoms with van der Waals surface area (Å²) < 4.78 is 10.6. The topological polar surface area (TPSA) is 77.2 Å². The number of carbonyl (C=O) groups is 1. The zero-order valence-electron chi connectivity index (χ0n) is 12.9. The van der Waals surface area contributed by atoms with Crippen molar-refractivity contribution in [3.8, 4) is 5.75 Å². The SMILES string of the molecule is O=C(Cc1noc(COc2ccc(Cl)cc2Cl)n1)Nc1ccccc1. The van der Waals surface area contributed by atoms with Gasteiger partial charge in [-0.1, -0.05) is 46.6 Å². The maximum Gasteiger partial charge on any atom is 0.264 e. The van der Waals surface area contributed by atoms with Gasteiger partial charge in [0.05, 0.1) is 11.4 Å². The number of ether oxygens (including phenoxy) is 1. The van der Waals surface area contributed by atoms with Crippen LogP contribution in [0.4, 0.5) is 5.69 Å². The summed E-state index contributed by atoms with van der Waals surface area (Å²) in [5.41, 5.74) is 0.705. The molecule has 0 spiro atoms. The lowest BCUT2D eigenvalue weighted by atomic mass is 10.3. The smallest absolute Gasteiger partial charge is 0.264 e. The summed E-state index contributed by atoms with van der Waals surface area (Å²) in [6, 6.07) is 14.0. The highest BCUT2D eigenvalue weighted by Gasteiger charge is 2.12. The van der Waals surface area contributed by atoms with Gasteiger partial charge in [0, 0.05) is 10.7 Å². The van der Waals surface area contributed by atoms with Crippen LogP contribution >= 0.6 is 23.2 Å². The van der Waals surface area contributed by atoms with E-state index in [0.717, 1.165) is 0 Å². The third-order valence-corrected chi connectivity index (χ3v) is 3.66. The van der Waals surface area contributed by atoms with E-state index in [1.54, 1.807) is 30.3 Å². The van der Waals surface area contributed by atoms with E-state index in [0.29, 0.717) is 21.5 Å². The van der Waals surface area contributed by atoms with Crippen molar-refractivity contribution in [3.05, 3.63) is 70.3 Å². The predicted octanol–water partition coefficient (Wildman–Crippen LogP) is 4.14. The lowest BCUT2D eigenvalue weighted by Gasteiger charge is -2.05. The van der Waals surface area contributed by atoms with Crippen LogP contribution in [0, 0.1) is 0 Å². The van der Waals surface area contributed by atoms with E-state index in [4.69, 9.17) is 32.5 Å². The molecule has 1 aromatic heterocycles. The van der Waals surface area contributed by atoms with Crippen molar-refractivity contribution >= 4 is 34.8 Å². The Morgan fingerprint density at radius 2 is 1.96 bits per heavy atom. The molecule has 2 aromatic carbocycles. The molecule has 8 heteroatoms. The fourth-order valence-corrected chi connectivity index (χ4v) is 2.49. The molecule has 0 radical (unpaired) electrons. The van der Waals surface area contributed by atoms with Crippen molar-refractivity contribution in [1.82, 2.24) is 10.1 Å². The largest absolute Gasteiger partial charge is 0.482 e. The molecule has 3 rings (SSSR count). The number of nitrogens with one attached hydrogen (secondary N) is 1. The van der Waals surface area contributed by atoms with Crippen LogP contribution in [0.1, 0.15) is 11.7 Å². The number of nitrogens with zero attached hydrogens (tertiary/aromatic N) is 2. The Hall–Kier alpha value is -2.57. The van der Waals surface area contributed by atoms with E-state index in [1.165, 1.54) is 0 Å². The molecule has 0 atom stereocenters.